The molecule has 0 unspecified atom stereocenters. The summed E-state index contributed by atoms with van der Waals surface area (Å²) in [4.78, 5) is 5.50. The lowest BCUT2D eigenvalue weighted by Crippen LogP contribution is -2.07. The molecule has 126 valence electrons. The number of tetrazole rings is 1. The summed E-state index contributed by atoms with van der Waals surface area (Å²) in [5, 5.41) is 12.3. The minimum Gasteiger partial charge on any atom is -0.489 e. The van der Waals surface area contributed by atoms with E-state index in [4.69, 9.17) is 9.47 Å². The largest absolute Gasteiger partial charge is 0.489 e. The highest BCUT2D eigenvalue weighted by atomic mass is 35.5. The SMILES string of the molecule is COCCn1nnc(-c2ccc(OCc3ccncc3)cc2)n1.Cl. The van der Waals surface area contributed by atoms with Crippen molar-refractivity contribution in [2.45, 2.75) is 13.2 Å². The molecule has 0 saturated heterocycles. The van der Waals surface area contributed by atoms with E-state index in [1.807, 2.05) is 36.4 Å². The quantitative estimate of drug-likeness (QED) is 0.653. The summed E-state index contributed by atoms with van der Waals surface area (Å²) in [5.74, 6) is 1.37. The van der Waals surface area contributed by atoms with Gasteiger partial charge in [0.1, 0.15) is 12.4 Å². The van der Waals surface area contributed by atoms with E-state index < -0.39 is 0 Å². The predicted molar refractivity (Wildman–Crippen MR) is 90.9 cm³/mol. The first-order valence-electron chi connectivity index (χ1n) is 7.24. The minimum atomic E-state index is 0. The molecule has 0 radical (unpaired) electrons. The zero-order valence-corrected chi connectivity index (χ0v) is 14.0. The molecule has 0 bridgehead atoms. The van der Waals surface area contributed by atoms with Gasteiger partial charge in [0.2, 0.25) is 5.82 Å². The van der Waals surface area contributed by atoms with Gasteiger partial charge in [-0.1, -0.05) is 0 Å². The second kappa shape index (κ2) is 8.95. The molecule has 0 atom stereocenters. The highest BCUT2D eigenvalue weighted by Crippen LogP contribution is 2.19. The van der Waals surface area contributed by atoms with E-state index in [0.29, 0.717) is 25.6 Å². The molecule has 7 nitrogen and oxygen atoms in total. The molecule has 0 aliphatic rings. The van der Waals surface area contributed by atoms with Crippen molar-refractivity contribution in [1.29, 1.82) is 0 Å². The Balaban J connectivity index is 0.00000208. The first-order chi connectivity index (χ1) is 11.3. The average molecular weight is 348 g/mol. The molecule has 0 amide bonds. The topological polar surface area (TPSA) is 75.0 Å². The van der Waals surface area contributed by atoms with E-state index in [2.05, 4.69) is 20.4 Å². The van der Waals surface area contributed by atoms with Crippen molar-refractivity contribution in [3.05, 3.63) is 54.4 Å². The van der Waals surface area contributed by atoms with Crippen LogP contribution in [0.2, 0.25) is 0 Å². The summed E-state index contributed by atoms with van der Waals surface area (Å²) in [7, 11) is 1.64. The van der Waals surface area contributed by atoms with Crippen LogP contribution in [0.25, 0.3) is 11.4 Å². The van der Waals surface area contributed by atoms with E-state index in [1.54, 1.807) is 19.5 Å². The molecule has 2 aromatic heterocycles. The molecule has 0 fully saturated rings. The number of hydrogen-bond donors (Lipinski definition) is 0. The third kappa shape index (κ3) is 4.74. The fourth-order valence-corrected chi connectivity index (χ4v) is 1.97. The maximum atomic E-state index is 5.74. The average Bonchev–Trinajstić information content (AvgIpc) is 3.08. The Morgan fingerprint density at radius 1 is 1.04 bits per heavy atom. The summed E-state index contributed by atoms with van der Waals surface area (Å²) < 4.78 is 10.7. The van der Waals surface area contributed by atoms with Crippen LogP contribution in [-0.4, -0.2) is 38.9 Å². The summed E-state index contributed by atoms with van der Waals surface area (Å²) in [6.07, 6.45) is 3.50. The third-order valence-corrected chi connectivity index (χ3v) is 3.22. The van der Waals surface area contributed by atoms with Gasteiger partial charge in [0.05, 0.1) is 13.2 Å². The lowest BCUT2D eigenvalue weighted by Gasteiger charge is -2.06. The molecular formula is C16H18ClN5O2. The van der Waals surface area contributed by atoms with Gasteiger partial charge in [-0.3, -0.25) is 4.98 Å². The molecule has 0 N–H and O–H groups in total. The number of pyridine rings is 1. The predicted octanol–water partition coefficient (Wildman–Crippen LogP) is 2.38. The lowest BCUT2D eigenvalue weighted by atomic mass is 10.2. The van der Waals surface area contributed by atoms with Crippen LogP contribution in [-0.2, 0) is 17.9 Å². The number of nitrogens with zero attached hydrogens (tertiary/aromatic N) is 5. The van der Waals surface area contributed by atoms with Gasteiger partial charge in [0, 0.05) is 25.1 Å². The van der Waals surface area contributed by atoms with Crippen molar-refractivity contribution in [1.82, 2.24) is 25.2 Å². The van der Waals surface area contributed by atoms with Crippen LogP contribution in [0.1, 0.15) is 5.56 Å². The van der Waals surface area contributed by atoms with Gasteiger partial charge in [0.25, 0.3) is 0 Å². The first kappa shape index (κ1) is 17.8. The number of halogens is 1. The van der Waals surface area contributed by atoms with Crippen molar-refractivity contribution in [2.24, 2.45) is 0 Å². The van der Waals surface area contributed by atoms with Crippen molar-refractivity contribution in [3.8, 4) is 17.1 Å². The van der Waals surface area contributed by atoms with Crippen molar-refractivity contribution in [2.75, 3.05) is 13.7 Å². The van der Waals surface area contributed by atoms with Crippen molar-refractivity contribution >= 4 is 12.4 Å². The number of hydrogen-bond acceptors (Lipinski definition) is 6. The molecule has 8 heteroatoms. The van der Waals surface area contributed by atoms with Gasteiger partial charge in [0.15, 0.2) is 0 Å². The molecule has 0 spiro atoms. The Hall–Kier alpha value is -2.51. The number of rotatable bonds is 7. The molecule has 24 heavy (non-hydrogen) atoms. The van der Waals surface area contributed by atoms with Gasteiger partial charge in [-0.2, -0.15) is 4.80 Å². The maximum absolute atomic E-state index is 5.74. The van der Waals surface area contributed by atoms with Crippen LogP contribution >= 0.6 is 12.4 Å². The van der Waals surface area contributed by atoms with E-state index in [0.717, 1.165) is 16.9 Å². The Morgan fingerprint density at radius 2 is 1.79 bits per heavy atom. The van der Waals surface area contributed by atoms with Gasteiger partial charge in [-0.15, -0.1) is 22.6 Å². The van der Waals surface area contributed by atoms with E-state index in [9.17, 15) is 0 Å². The van der Waals surface area contributed by atoms with E-state index in [1.165, 1.54) is 4.80 Å². The van der Waals surface area contributed by atoms with Crippen LogP contribution in [0.3, 0.4) is 0 Å². The Labute approximate surface area is 146 Å². The van der Waals surface area contributed by atoms with Crippen molar-refractivity contribution < 1.29 is 9.47 Å². The lowest BCUT2D eigenvalue weighted by molar-refractivity contribution is 0.178. The fraction of sp³-hybridized carbons (Fsp3) is 0.250. The minimum absolute atomic E-state index is 0. The number of methoxy groups -OCH3 is 1. The third-order valence-electron chi connectivity index (χ3n) is 3.22. The summed E-state index contributed by atoms with van der Waals surface area (Å²) in [6, 6.07) is 11.5. The smallest absolute Gasteiger partial charge is 0.204 e. The molecule has 3 aromatic rings. The fourth-order valence-electron chi connectivity index (χ4n) is 1.97. The van der Waals surface area contributed by atoms with E-state index >= 15 is 0 Å². The van der Waals surface area contributed by atoms with Gasteiger partial charge < -0.3 is 9.47 Å². The van der Waals surface area contributed by atoms with Gasteiger partial charge in [-0.25, -0.2) is 0 Å². The van der Waals surface area contributed by atoms with Crippen LogP contribution in [0.4, 0.5) is 0 Å². The first-order valence-corrected chi connectivity index (χ1v) is 7.24. The normalized spacial score (nSPS) is 10.2. The Kier molecular flexibility index (Phi) is 6.65. The number of benzene rings is 1. The zero-order chi connectivity index (χ0) is 15.9. The van der Waals surface area contributed by atoms with Crippen LogP contribution in [0.5, 0.6) is 5.75 Å². The molecule has 2 heterocycles. The summed E-state index contributed by atoms with van der Waals surface area (Å²) >= 11 is 0. The number of aromatic nitrogens is 5. The highest BCUT2D eigenvalue weighted by molar-refractivity contribution is 5.85. The molecule has 3 rings (SSSR count). The monoisotopic (exact) mass is 347 g/mol. The standard InChI is InChI=1S/C16H17N5O2.ClH/c1-22-11-10-21-19-16(18-20-21)14-2-4-15(5-3-14)23-12-13-6-8-17-9-7-13;/h2-9H,10-12H2,1H3;1H. The van der Waals surface area contributed by atoms with Crippen LogP contribution in [0.15, 0.2) is 48.8 Å². The summed E-state index contributed by atoms with van der Waals surface area (Å²) in [6.45, 7) is 1.64. The second-order valence-corrected chi connectivity index (χ2v) is 4.87. The molecule has 1 aromatic carbocycles. The second-order valence-electron chi connectivity index (χ2n) is 4.87. The van der Waals surface area contributed by atoms with Crippen LogP contribution in [0, 0.1) is 0 Å². The Morgan fingerprint density at radius 3 is 2.50 bits per heavy atom. The molecule has 0 aliphatic heterocycles. The van der Waals surface area contributed by atoms with Crippen LogP contribution < -0.4 is 4.74 Å². The molecule has 0 saturated carbocycles. The van der Waals surface area contributed by atoms with Gasteiger partial charge >= 0.3 is 0 Å². The zero-order valence-electron chi connectivity index (χ0n) is 13.2. The maximum Gasteiger partial charge on any atom is 0.204 e. The van der Waals surface area contributed by atoms with E-state index in [-0.39, 0.29) is 12.4 Å². The number of ether oxygens (including phenoxy) is 2. The van der Waals surface area contributed by atoms with Crippen molar-refractivity contribution in [3.63, 3.8) is 0 Å². The molecule has 0 aliphatic carbocycles. The molecular weight excluding hydrogens is 330 g/mol. The Bertz CT molecular complexity index is 734. The van der Waals surface area contributed by atoms with Gasteiger partial charge in [-0.05, 0) is 47.2 Å². The highest BCUT2D eigenvalue weighted by Gasteiger charge is 2.06. The summed E-state index contributed by atoms with van der Waals surface area (Å²) in [5.41, 5.74) is 1.97.